The molecule has 1 atom stereocenters. The standard InChI is InChI=1S/C25H25NO5/c1-16-18(24(29)20-12-7-6-11-19(20)23(16)28)13-8-14-22(27)26-21(25(30)31-2)15-17-9-4-3-5-10-17/h3-7,9-12,21H,8,13-15H2,1-2H3,(H,26,27)/t21-/m1/s1. The topological polar surface area (TPSA) is 89.5 Å². The summed E-state index contributed by atoms with van der Waals surface area (Å²) in [6.45, 7) is 1.65. The number of rotatable bonds is 8. The Morgan fingerprint density at radius 2 is 1.55 bits per heavy atom. The van der Waals surface area contributed by atoms with Crippen LogP contribution in [0, 0.1) is 0 Å². The van der Waals surface area contributed by atoms with Gasteiger partial charge in [-0.25, -0.2) is 4.79 Å². The fourth-order valence-electron chi connectivity index (χ4n) is 3.73. The molecular formula is C25H25NO5. The van der Waals surface area contributed by atoms with E-state index >= 15 is 0 Å². The van der Waals surface area contributed by atoms with Crippen molar-refractivity contribution in [3.8, 4) is 0 Å². The molecule has 31 heavy (non-hydrogen) atoms. The molecule has 6 nitrogen and oxygen atoms in total. The number of ketones is 2. The van der Waals surface area contributed by atoms with E-state index in [0.29, 0.717) is 41.5 Å². The van der Waals surface area contributed by atoms with Gasteiger partial charge in [0.25, 0.3) is 0 Å². The molecule has 0 unspecified atom stereocenters. The molecule has 0 aliphatic heterocycles. The highest BCUT2D eigenvalue weighted by Crippen LogP contribution is 2.28. The number of methoxy groups -OCH3 is 1. The number of hydrogen-bond acceptors (Lipinski definition) is 5. The van der Waals surface area contributed by atoms with Crippen LogP contribution in [0.4, 0.5) is 0 Å². The van der Waals surface area contributed by atoms with Crippen LogP contribution >= 0.6 is 0 Å². The van der Waals surface area contributed by atoms with Crippen molar-refractivity contribution in [2.24, 2.45) is 0 Å². The number of Topliss-reactive ketones (excluding diaryl/α,β-unsaturated/α-hetero) is 2. The molecule has 0 saturated heterocycles. The first kappa shape index (κ1) is 22.2. The van der Waals surface area contributed by atoms with Crippen LogP contribution in [-0.2, 0) is 20.7 Å². The van der Waals surface area contributed by atoms with Crippen LogP contribution in [0.1, 0.15) is 52.5 Å². The van der Waals surface area contributed by atoms with E-state index in [1.54, 1.807) is 31.2 Å². The molecule has 2 aromatic carbocycles. The number of hydrogen-bond donors (Lipinski definition) is 1. The van der Waals surface area contributed by atoms with Gasteiger partial charge < -0.3 is 10.1 Å². The van der Waals surface area contributed by atoms with Gasteiger partial charge in [0.2, 0.25) is 5.91 Å². The van der Waals surface area contributed by atoms with Gasteiger partial charge in [-0.2, -0.15) is 0 Å². The number of nitrogens with one attached hydrogen (secondary N) is 1. The zero-order valence-corrected chi connectivity index (χ0v) is 17.6. The second kappa shape index (κ2) is 9.98. The van der Waals surface area contributed by atoms with Gasteiger partial charge in [0.05, 0.1) is 7.11 Å². The summed E-state index contributed by atoms with van der Waals surface area (Å²) in [5.74, 6) is -1.13. The predicted molar refractivity (Wildman–Crippen MR) is 116 cm³/mol. The van der Waals surface area contributed by atoms with Gasteiger partial charge in [0.1, 0.15) is 6.04 Å². The van der Waals surface area contributed by atoms with Gasteiger partial charge in [0, 0.05) is 35.1 Å². The normalized spacial score (nSPS) is 14.1. The van der Waals surface area contributed by atoms with E-state index in [-0.39, 0.29) is 23.9 Å². The fraction of sp³-hybridized carbons (Fsp3) is 0.280. The van der Waals surface area contributed by atoms with E-state index < -0.39 is 12.0 Å². The van der Waals surface area contributed by atoms with Crippen molar-refractivity contribution in [1.29, 1.82) is 0 Å². The van der Waals surface area contributed by atoms with Gasteiger partial charge in [-0.1, -0.05) is 54.6 Å². The van der Waals surface area contributed by atoms with Crippen molar-refractivity contribution in [2.45, 2.75) is 38.6 Å². The van der Waals surface area contributed by atoms with Gasteiger partial charge in [0.15, 0.2) is 11.6 Å². The SMILES string of the molecule is COC(=O)[C@@H](Cc1ccccc1)NC(=O)CCCC1=C(C)C(=O)c2ccccc2C1=O. The largest absolute Gasteiger partial charge is 0.467 e. The molecule has 0 fully saturated rings. The number of ether oxygens (including phenoxy) is 1. The maximum Gasteiger partial charge on any atom is 0.328 e. The summed E-state index contributed by atoms with van der Waals surface area (Å²) in [4.78, 5) is 49.9. The monoisotopic (exact) mass is 419 g/mol. The Bertz CT molecular complexity index is 1040. The first-order valence-electron chi connectivity index (χ1n) is 10.2. The van der Waals surface area contributed by atoms with Crippen LogP contribution in [0.3, 0.4) is 0 Å². The van der Waals surface area contributed by atoms with Gasteiger partial charge in [-0.15, -0.1) is 0 Å². The minimum Gasteiger partial charge on any atom is -0.467 e. The van der Waals surface area contributed by atoms with Gasteiger partial charge >= 0.3 is 5.97 Å². The van der Waals surface area contributed by atoms with Crippen molar-refractivity contribution in [3.05, 3.63) is 82.4 Å². The molecule has 0 heterocycles. The van der Waals surface area contributed by atoms with E-state index in [1.807, 2.05) is 30.3 Å². The van der Waals surface area contributed by atoms with Crippen LogP contribution in [0.5, 0.6) is 0 Å². The zero-order chi connectivity index (χ0) is 22.4. The molecule has 1 aliphatic carbocycles. The summed E-state index contributed by atoms with van der Waals surface area (Å²) in [5.41, 5.74) is 2.62. The van der Waals surface area contributed by atoms with E-state index in [2.05, 4.69) is 5.32 Å². The Morgan fingerprint density at radius 1 is 0.935 bits per heavy atom. The lowest BCUT2D eigenvalue weighted by Crippen LogP contribution is -2.43. The van der Waals surface area contributed by atoms with Crippen LogP contribution in [0.15, 0.2) is 65.7 Å². The number of fused-ring (bicyclic) bond motifs is 1. The Labute approximate surface area is 181 Å². The molecule has 6 heteroatoms. The predicted octanol–water partition coefficient (Wildman–Crippen LogP) is 3.45. The minimum absolute atomic E-state index is 0.127. The Kier molecular flexibility index (Phi) is 7.13. The summed E-state index contributed by atoms with van der Waals surface area (Å²) >= 11 is 0. The molecule has 1 N–H and O–H groups in total. The quantitative estimate of drug-likeness (QED) is 0.662. The van der Waals surface area contributed by atoms with Crippen molar-refractivity contribution in [1.82, 2.24) is 5.32 Å². The van der Waals surface area contributed by atoms with E-state index in [4.69, 9.17) is 4.74 Å². The Morgan fingerprint density at radius 3 is 2.19 bits per heavy atom. The Balaban J connectivity index is 1.60. The summed E-state index contributed by atoms with van der Waals surface area (Å²) in [6.07, 6.45) is 1.16. The molecule has 160 valence electrons. The summed E-state index contributed by atoms with van der Waals surface area (Å²) in [7, 11) is 1.28. The van der Waals surface area contributed by atoms with E-state index in [0.717, 1.165) is 5.56 Å². The third kappa shape index (κ3) is 5.15. The van der Waals surface area contributed by atoms with Gasteiger partial charge in [-0.3, -0.25) is 14.4 Å². The average molecular weight is 419 g/mol. The smallest absolute Gasteiger partial charge is 0.328 e. The molecule has 0 saturated carbocycles. The lowest BCUT2D eigenvalue weighted by molar-refractivity contribution is -0.145. The number of benzene rings is 2. The molecule has 1 amide bonds. The molecule has 0 radical (unpaired) electrons. The Hall–Kier alpha value is -3.54. The molecule has 3 rings (SSSR count). The number of carbonyl (C=O) groups excluding carboxylic acids is 4. The maximum atomic E-state index is 12.8. The second-order valence-corrected chi connectivity index (χ2v) is 7.49. The van der Waals surface area contributed by atoms with Crippen LogP contribution in [0.2, 0.25) is 0 Å². The maximum absolute atomic E-state index is 12.8. The lowest BCUT2D eigenvalue weighted by atomic mass is 9.83. The van der Waals surface area contributed by atoms with Crippen molar-refractivity contribution in [2.75, 3.05) is 7.11 Å². The van der Waals surface area contributed by atoms with Crippen molar-refractivity contribution >= 4 is 23.4 Å². The molecule has 1 aliphatic rings. The molecule has 2 aromatic rings. The number of esters is 1. The van der Waals surface area contributed by atoms with E-state index in [1.165, 1.54) is 7.11 Å². The molecule has 0 aromatic heterocycles. The highest BCUT2D eigenvalue weighted by atomic mass is 16.5. The number of amides is 1. The van der Waals surface area contributed by atoms with Crippen LogP contribution in [-0.4, -0.2) is 36.6 Å². The highest BCUT2D eigenvalue weighted by molar-refractivity contribution is 6.26. The third-order valence-corrected chi connectivity index (χ3v) is 5.42. The van der Waals surface area contributed by atoms with Crippen LogP contribution < -0.4 is 5.32 Å². The second-order valence-electron chi connectivity index (χ2n) is 7.49. The lowest BCUT2D eigenvalue weighted by Gasteiger charge is -2.19. The average Bonchev–Trinajstić information content (AvgIpc) is 2.79. The molecule has 0 bridgehead atoms. The first-order chi connectivity index (χ1) is 14.9. The van der Waals surface area contributed by atoms with Gasteiger partial charge in [-0.05, 0) is 25.3 Å². The first-order valence-corrected chi connectivity index (χ1v) is 10.2. The fourth-order valence-corrected chi connectivity index (χ4v) is 3.73. The molecule has 0 spiro atoms. The summed E-state index contributed by atoms with van der Waals surface area (Å²) in [5, 5.41) is 2.72. The zero-order valence-electron chi connectivity index (χ0n) is 17.6. The van der Waals surface area contributed by atoms with E-state index in [9.17, 15) is 19.2 Å². The molecular weight excluding hydrogens is 394 g/mol. The number of carbonyl (C=O) groups is 4. The summed E-state index contributed by atoms with van der Waals surface area (Å²) in [6, 6.07) is 15.3. The van der Waals surface area contributed by atoms with Crippen LogP contribution in [0.25, 0.3) is 0 Å². The minimum atomic E-state index is -0.786. The van der Waals surface area contributed by atoms with Crippen molar-refractivity contribution in [3.63, 3.8) is 0 Å². The van der Waals surface area contributed by atoms with Crippen molar-refractivity contribution < 1.29 is 23.9 Å². The third-order valence-electron chi connectivity index (χ3n) is 5.42. The highest BCUT2D eigenvalue weighted by Gasteiger charge is 2.29. The number of allylic oxidation sites excluding steroid dienone is 2. The summed E-state index contributed by atoms with van der Waals surface area (Å²) < 4.78 is 4.82.